The van der Waals surface area contributed by atoms with E-state index in [4.69, 9.17) is 5.11 Å². The summed E-state index contributed by atoms with van der Waals surface area (Å²) >= 11 is 0. The number of hydrogen-bond acceptors (Lipinski definition) is 3. The smallest absolute Gasteiger partial charge is 0.323 e. The number of nitrogens with zero attached hydrogens (tertiary/aromatic N) is 3. The van der Waals surface area contributed by atoms with Crippen molar-refractivity contribution in [3.05, 3.63) is 12.3 Å². The van der Waals surface area contributed by atoms with Crippen molar-refractivity contribution < 1.29 is 14.7 Å². The summed E-state index contributed by atoms with van der Waals surface area (Å²) in [5, 5.41) is 15.7. The van der Waals surface area contributed by atoms with Crippen LogP contribution in [0.1, 0.15) is 6.92 Å². The van der Waals surface area contributed by atoms with E-state index >= 15 is 0 Å². The Morgan fingerprint density at radius 1 is 1.50 bits per heavy atom. The van der Waals surface area contributed by atoms with Crippen LogP contribution in [-0.2, 0) is 11.8 Å². The highest BCUT2D eigenvalue weighted by atomic mass is 16.4. The van der Waals surface area contributed by atoms with Crippen LogP contribution in [0, 0.1) is 11.8 Å². The third-order valence-corrected chi connectivity index (χ3v) is 3.17. The lowest BCUT2D eigenvalue weighted by Gasteiger charge is -2.15. The molecule has 1 aromatic rings. The number of nitrogens with one attached hydrogen (secondary N) is 1. The van der Waals surface area contributed by atoms with Gasteiger partial charge in [-0.2, -0.15) is 5.10 Å². The Morgan fingerprint density at radius 2 is 2.22 bits per heavy atom. The topological polar surface area (TPSA) is 87.5 Å². The molecule has 1 aliphatic rings. The molecule has 0 radical (unpaired) electrons. The molecule has 2 amide bonds. The maximum atomic E-state index is 11.9. The molecule has 0 spiro atoms. The Labute approximate surface area is 104 Å². The number of carbonyl (C=O) groups excluding carboxylic acids is 1. The van der Waals surface area contributed by atoms with Crippen molar-refractivity contribution in [3.63, 3.8) is 0 Å². The normalized spacial score (nSPS) is 23.1. The first-order valence-corrected chi connectivity index (χ1v) is 5.75. The number of aryl methyl sites for hydroxylation is 1. The van der Waals surface area contributed by atoms with E-state index in [1.54, 1.807) is 24.0 Å². The highest BCUT2D eigenvalue weighted by molar-refractivity contribution is 5.89. The van der Waals surface area contributed by atoms with Crippen molar-refractivity contribution >= 4 is 17.8 Å². The van der Waals surface area contributed by atoms with E-state index in [1.165, 1.54) is 4.90 Å². The molecule has 2 atom stereocenters. The number of aliphatic carboxylic acids is 1. The third-order valence-electron chi connectivity index (χ3n) is 3.17. The molecular formula is C11H16N4O3. The fourth-order valence-electron chi connectivity index (χ4n) is 2.12. The van der Waals surface area contributed by atoms with Gasteiger partial charge in [-0.15, -0.1) is 0 Å². The average Bonchev–Trinajstić information content (AvgIpc) is 2.85. The van der Waals surface area contributed by atoms with Crippen molar-refractivity contribution in [2.75, 3.05) is 18.4 Å². The van der Waals surface area contributed by atoms with Crippen molar-refractivity contribution in [2.45, 2.75) is 6.92 Å². The van der Waals surface area contributed by atoms with E-state index in [0.717, 1.165) is 0 Å². The van der Waals surface area contributed by atoms with Gasteiger partial charge in [0.25, 0.3) is 0 Å². The summed E-state index contributed by atoms with van der Waals surface area (Å²) in [5.41, 5.74) is 0. The van der Waals surface area contributed by atoms with Crippen molar-refractivity contribution in [1.29, 1.82) is 0 Å². The lowest BCUT2D eigenvalue weighted by Crippen LogP contribution is -2.34. The van der Waals surface area contributed by atoms with Gasteiger partial charge in [0, 0.05) is 32.4 Å². The second-order valence-electron chi connectivity index (χ2n) is 4.63. The molecule has 2 unspecified atom stereocenters. The van der Waals surface area contributed by atoms with Gasteiger partial charge in [-0.1, -0.05) is 6.92 Å². The van der Waals surface area contributed by atoms with Gasteiger partial charge in [0.2, 0.25) is 0 Å². The number of rotatable bonds is 2. The largest absolute Gasteiger partial charge is 0.481 e. The van der Waals surface area contributed by atoms with E-state index in [9.17, 15) is 9.59 Å². The van der Waals surface area contributed by atoms with Gasteiger partial charge in [0.15, 0.2) is 5.82 Å². The van der Waals surface area contributed by atoms with Crippen molar-refractivity contribution in [3.8, 4) is 0 Å². The molecule has 18 heavy (non-hydrogen) atoms. The highest BCUT2D eigenvalue weighted by Crippen LogP contribution is 2.23. The van der Waals surface area contributed by atoms with Gasteiger partial charge in [0.1, 0.15) is 0 Å². The Morgan fingerprint density at radius 3 is 2.72 bits per heavy atom. The number of aromatic nitrogens is 2. The van der Waals surface area contributed by atoms with Crippen LogP contribution < -0.4 is 5.32 Å². The van der Waals surface area contributed by atoms with E-state index in [1.807, 2.05) is 6.92 Å². The average molecular weight is 252 g/mol. The lowest BCUT2D eigenvalue weighted by molar-refractivity contribution is -0.142. The predicted molar refractivity (Wildman–Crippen MR) is 64.1 cm³/mol. The molecule has 1 fully saturated rings. The Bertz CT molecular complexity index is 471. The molecule has 1 aliphatic heterocycles. The molecule has 1 saturated heterocycles. The fourth-order valence-corrected chi connectivity index (χ4v) is 2.12. The van der Waals surface area contributed by atoms with Crippen LogP contribution in [0.25, 0.3) is 0 Å². The number of carbonyl (C=O) groups is 2. The van der Waals surface area contributed by atoms with Crippen LogP contribution in [0.4, 0.5) is 10.6 Å². The summed E-state index contributed by atoms with van der Waals surface area (Å²) in [6.45, 7) is 2.54. The number of urea groups is 1. The minimum absolute atomic E-state index is 0.0306. The van der Waals surface area contributed by atoms with Crippen LogP contribution in [0.5, 0.6) is 0 Å². The standard InChI is InChI=1S/C11H16N4O3/c1-7-5-15(6-8(7)10(16)17)11(18)12-9-3-4-14(2)13-9/h3-4,7-8H,5-6H2,1-2H3,(H,16,17)(H,12,13,18). The molecule has 7 heteroatoms. The fraction of sp³-hybridized carbons (Fsp3) is 0.545. The quantitative estimate of drug-likeness (QED) is 0.807. The van der Waals surface area contributed by atoms with Crippen LogP contribution in [0.2, 0.25) is 0 Å². The Hall–Kier alpha value is -2.05. The second-order valence-corrected chi connectivity index (χ2v) is 4.63. The molecule has 1 aromatic heterocycles. The zero-order valence-electron chi connectivity index (χ0n) is 10.3. The number of anilines is 1. The maximum Gasteiger partial charge on any atom is 0.323 e. The molecule has 2 heterocycles. The molecular weight excluding hydrogens is 236 g/mol. The minimum atomic E-state index is -0.851. The van der Waals surface area contributed by atoms with Crippen LogP contribution in [0.15, 0.2) is 12.3 Å². The number of amides is 2. The van der Waals surface area contributed by atoms with E-state index in [-0.39, 0.29) is 18.5 Å². The summed E-state index contributed by atoms with van der Waals surface area (Å²) < 4.78 is 1.59. The monoisotopic (exact) mass is 252 g/mol. The third kappa shape index (κ3) is 2.44. The van der Waals surface area contributed by atoms with Gasteiger partial charge >= 0.3 is 12.0 Å². The van der Waals surface area contributed by atoms with Gasteiger partial charge < -0.3 is 10.0 Å². The van der Waals surface area contributed by atoms with Crippen LogP contribution in [-0.4, -0.2) is 44.9 Å². The molecule has 7 nitrogen and oxygen atoms in total. The summed E-state index contributed by atoms with van der Waals surface area (Å²) in [7, 11) is 1.76. The van der Waals surface area contributed by atoms with Gasteiger partial charge in [-0.25, -0.2) is 4.79 Å². The number of carboxylic acids is 1. The minimum Gasteiger partial charge on any atom is -0.481 e. The van der Waals surface area contributed by atoms with Crippen LogP contribution >= 0.6 is 0 Å². The van der Waals surface area contributed by atoms with Gasteiger partial charge in [-0.3, -0.25) is 14.8 Å². The van der Waals surface area contributed by atoms with E-state index < -0.39 is 11.9 Å². The van der Waals surface area contributed by atoms with Crippen molar-refractivity contribution in [2.24, 2.45) is 18.9 Å². The maximum absolute atomic E-state index is 11.9. The molecule has 0 aromatic carbocycles. The molecule has 2 rings (SSSR count). The Kier molecular flexibility index (Phi) is 3.22. The Balaban J connectivity index is 1.97. The summed E-state index contributed by atoms with van der Waals surface area (Å²) in [6, 6.07) is 1.39. The van der Waals surface area contributed by atoms with Crippen LogP contribution in [0.3, 0.4) is 0 Å². The lowest BCUT2D eigenvalue weighted by atomic mass is 9.99. The summed E-state index contributed by atoms with van der Waals surface area (Å²) in [6.07, 6.45) is 1.72. The zero-order chi connectivity index (χ0) is 13.3. The molecule has 0 saturated carbocycles. The van der Waals surface area contributed by atoms with E-state index in [0.29, 0.717) is 12.4 Å². The zero-order valence-corrected chi connectivity index (χ0v) is 10.3. The summed E-state index contributed by atoms with van der Waals surface area (Å²) in [5.74, 6) is -0.902. The first-order valence-electron chi connectivity index (χ1n) is 5.75. The number of carboxylic acid groups (broad SMARTS) is 1. The predicted octanol–water partition coefficient (Wildman–Crippen LogP) is 0.604. The van der Waals surface area contributed by atoms with E-state index in [2.05, 4.69) is 10.4 Å². The highest BCUT2D eigenvalue weighted by Gasteiger charge is 2.37. The summed E-state index contributed by atoms with van der Waals surface area (Å²) in [4.78, 5) is 24.4. The van der Waals surface area contributed by atoms with Gasteiger partial charge in [0.05, 0.1) is 5.92 Å². The number of likely N-dealkylation sites (tertiary alicyclic amines) is 1. The van der Waals surface area contributed by atoms with Crippen molar-refractivity contribution in [1.82, 2.24) is 14.7 Å². The van der Waals surface area contributed by atoms with Gasteiger partial charge in [-0.05, 0) is 5.92 Å². The second kappa shape index (κ2) is 4.67. The molecule has 2 N–H and O–H groups in total. The molecule has 98 valence electrons. The number of hydrogen-bond donors (Lipinski definition) is 2. The molecule has 0 bridgehead atoms. The SMILES string of the molecule is CC1CN(C(=O)Nc2ccn(C)n2)CC1C(=O)O. The first-order chi connectivity index (χ1) is 8.47. The first kappa shape index (κ1) is 12.4. The molecule has 0 aliphatic carbocycles.